The first-order chi connectivity index (χ1) is 20.1. The first kappa shape index (κ1) is 32.8. The molecule has 0 aromatic heterocycles. The Balaban J connectivity index is 1.09. The Hall–Kier alpha value is -2.70. The lowest BCUT2D eigenvalue weighted by Gasteiger charge is -2.28. The number of ether oxygens (including phenoxy) is 5. The predicted octanol–water partition coefficient (Wildman–Crippen LogP) is 8.25. The van der Waals surface area contributed by atoms with Gasteiger partial charge < -0.3 is 23.7 Å². The molecule has 1 aliphatic rings. The molecule has 41 heavy (non-hydrogen) atoms. The average molecular weight is 567 g/mol. The van der Waals surface area contributed by atoms with Crippen LogP contribution in [0.1, 0.15) is 89.0 Å². The molecule has 3 rings (SSSR count). The Morgan fingerprint density at radius 1 is 0.683 bits per heavy atom. The van der Waals surface area contributed by atoms with Gasteiger partial charge in [-0.2, -0.15) is 0 Å². The minimum atomic E-state index is -0.214. The van der Waals surface area contributed by atoms with Gasteiger partial charge in [0.15, 0.2) is 0 Å². The third-order valence-electron chi connectivity index (χ3n) is 7.31. The zero-order valence-electron chi connectivity index (χ0n) is 25.0. The van der Waals surface area contributed by atoms with Crippen LogP contribution in [0.2, 0.25) is 0 Å². The van der Waals surface area contributed by atoms with Crippen molar-refractivity contribution < 1.29 is 28.5 Å². The number of hydrogen-bond donors (Lipinski definition) is 0. The van der Waals surface area contributed by atoms with Crippen molar-refractivity contribution in [3.05, 3.63) is 67.4 Å². The van der Waals surface area contributed by atoms with E-state index in [1.807, 2.05) is 30.7 Å². The second kappa shape index (κ2) is 20.2. The normalized spacial score (nSPS) is 16.8. The van der Waals surface area contributed by atoms with Gasteiger partial charge in [0.25, 0.3) is 0 Å². The third-order valence-corrected chi connectivity index (χ3v) is 7.31. The lowest BCUT2D eigenvalue weighted by Crippen LogP contribution is -2.27. The SMILES string of the molecule is [CH2+][CH-]CCCC(=O)Oc1ccc(OCCCCCCOC2CCC(OCCCCOc3ccc(C)cc3)CC2)cc1. The molecule has 0 aliphatic heterocycles. The van der Waals surface area contributed by atoms with E-state index >= 15 is 0 Å². The number of rotatable bonds is 21. The molecule has 0 unspecified atom stereocenters. The molecule has 0 amide bonds. The van der Waals surface area contributed by atoms with E-state index in [1.54, 1.807) is 12.1 Å². The summed E-state index contributed by atoms with van der Waals surface area (Å²) >= 11 is 0. The number of carbonyl (C=O) groups is 1. The molecule has 2 aromatic carbocycles. The highest BCUT2D eigenvalue weighted by molar-refractivity contribution is 5.72. The number of aryl methyl sites for hydroxylation is 1. The maximum absolute atomic E-state index is 11.8. The van der Waals surface area contributed by atoms with Gasteiger partial charge in [-0.25, -0.2) is 0 Å². The first-order valence-corrected chi connectivity index (χ1v) is 15.6. The quantitative estimate of drug-likeness (QED) is 0.0656. The van der Waals surface area contributed by atoms with Crippen LogP contribution in [0.5, 0.6) is 17.2 Å². The summed E-state index contributed by atoms with van der Waals surface area (Å²) in [5, 5.41) is 0. The highest BCUT2D eigenvalue weighted by Gasteiger charge is 2.21. The lowest BCUT2D eigenvalue weighted by atomic mass is 9.95. The topological polar surface area (TPSA) is 63.2 Å². The minimum absolute atomic E-state index is 0.214. The van der Waals surface area contributed by atoms with Gasteiger partial charge in [0.2, 0.25) is 0 Å². The van der Waals surface area contributed by atoms with Gasteiger partial charge in [0, 0.05) is 19.6 Å². The van der Waals surface area contributed by atoms with Gasteiger partial charge in [-0.05, 0) is 101 Å². The van der Waals surface area contributed by atoms with Gasteiger partial charge in [0.1, 0.15) is 17.2 Å². The van der Waals surface area contributed by atoms with Gasteiger partial charge in [-0.1, -0.05) is 37.5 Å². The molecular formula is C35H50O6. The zero-order chi connectivity index (χ0) is 29.0. The number of esters is 1. The molecule has 0 bridgehead atoms. The van der Waals surface area contributed by atoms with Crippen LogP contribution >= 0.6 is 0 Å². The van der Waals surface area contributed by atoms with Crippen molar-refractivity contribution in [2.75, 3.05) is 26.4 Å². The molecule has 6 nitrogen and oxygen atoms in total. The van der Waals surface area contributed by atoms with Crippen molar-refractivity contribution in [1.82, 2.24) is 0 Å². The van der Waals surface area contributed by atoms with E-state index in [9.17, 15) is 4.79 Å². The van der Waals surface area contributed by atoms with Crippen molar-refractivity contribution in [3.8, 4) is 17.2 Å². The Bertz CT molecular complexity index is 934. The molecular weight excluding hydrogens is 516 g/mol. The summed E-state index contributed by atoms with van der Waals surface area (Å²) in [6.45, 7) is 8.83. The summed E-state index contributed by atoms with van der Waals surface area (Å²) in [4.78, 5) is 11.8. The number of carbonyl (C=O) groups excluding carboxylic acids is 1. The number of hydrogen-bond acceptors (Lipinski definition) is 6. The van der Waals surface area contributed by atoms with Crippen molar-refractivity contribution in [2.45, 2.75) is 103 Å². The molecule has 1 fully saturated rings. The van der Waals surface area contributed by atoms with E-state index < -0.39 is 0 Å². The largest absolute Gasteiger partial charge is 0.494 e. The van der Waals surface area contributed by atoms with Crippen LogP contribution in [0.4, 0.5) is 0 Å². The average Bonchev–Trinajstić information content (AvgIpc) is 2.99. The fourth-order valence-electron chi connectivity index (χ4n) is 4.82. The molecule has 0 spiro atoms. The second-order valence-electron chi connectivity index (χ2n) is 10.9. The molecule has 1 aliphatic carbocycles. The van der Waals surface area contributed by atoms with Crippen LogP contribution in [-0.4, -0.2) is 44.6 Å². The van der Waals surface area contributed by atoms with Gasteiger partial charge in [-0.3, -0.25) is 4.79 Å². The highest BCUT2D eigenvalue weighted by Crippen LogP contribution is 2.24. The smallest absolute Gasteiger partial charge is 0.311 e. The maximum Gasteiger partial charge on any atom is 0.311 e. The van der Waals surface area contributed by atoms with Crippen molar-refractivity contribution in [3.63, 3.8) is 0 Å². The van der Waals surface area contributed by atoms with Crippen LogP contribution in [0, 0.1) is 20.3 Å². The summed E-state index contributed by atoms with van der Waals surface area (Å²) in [6, 6.07) is 15.5. The van der Waals surface area contributed by atoms with E-state index in [1.165, 1.54) is 5.56 Å². The molecule has 0 saturated heterocycles. The lowest BCUT2D eigenvalue weighted by molar-refractivity contribution is -0.134. The van der Waals surface area contributed by atoms with Crippen molar-refractivity contribution >= 4 is 5.97 Å². The maximum atomic E-state index is 11.8. The summed E-state index contributed by atoms with van der Waals surface area (Å²) in [7, 11) is 0. The van der Waals surface area contributed by atoms with Crippen LogP contribution in [-0.2, 0) is 14.3 Å². The summed E-state index contributed by atoms with van der Waals surface area (Å²) in [6.07, 6.45) is 15.4. The summed E-state index contributed by atoms with van der Waals surface area (Å²) in [5.74, 6) is 2.08. The number of benzene rings is 2. The fourth-order valence-corrected chi connectivity index (χ4v) is 4.82. The first-order valence-electron chi connectivity index (χ1n) is 15.6. The Morgan fingerprint density at radius 3 is 1.71 bits per heavy atom. The van der Waals surface area contributed by atoms with Crippen molar-refractivity contribution in [2.24, 2.45) is 0 Å². The van der Waals surface area contributed by atoms with Gasteiger partial charge in [0.05, 0.1) is 25.4 Å². The van der Waals surface area contributed by atoms with Crippen LogP contribution in [0.15, 0.2) is 48.5 Å². The summed E-state index contributed by atoms with van der Waals surface area (Å²) < 4.78 is 29.2. The molecule has 226 valence electrons. The van der Waals surface area contributed by atoms with E-state index in [4.69, 9.17) is 23.7 Å². The second-order valence-corrected chi connectivity index (χ2v) is 10.9. The Kier molecular flexibility index (Phi) is 16.2. The summed E-state index contributed by atoms with van der Waals surface area (Å²) in [5.41, 5.74) is 1.25. The van der Waals surface area contributed by atoms with Gasteiger partial charge in [-0.15, -0.1) is 12.8 Å². The molecule has 2 aromatic rings. The van der Waals surface area contributed by atoms with E-state index in [2.05, 4.69) is 26.0 Å². The van der Waals surface area contributed by atoms with E-state index in [0.29, 0.717) is 31.0 Å². The zero-order valence-corrected chi connectivity index (χ0v) is 25.0. The van der Waals surface area contributed by atoms with Crippen LogP contribution < -0.4 is 14.2 Å². The highest BCUT2D eigenvalue weighted by atomic mass is 16.5. The molecule has 0 heterocycles. The van der Waals surface area contributed by atoms with E-state index in [0.717, 1.165) is 108 Å². The number of unbranched alkanes of at least 4 members (excludes halogenated alkanes) is 6. The van der Waals surface area contributed by atoms with Crippen LogP contribution in [0.25, 0.3) is 0 Å². The predicted molar refractivity (Wildman–Crippen MR) is 163 cm³/mol. The monoisotopic (exact) mass is 566 g/mol. The molecule has 0 N–H and O–H groups in total. The fraction of sp³-hybridized carbons (Fsp3) is 0.571. The van der Waals surface area contributed by atoms with Crippen LogP contribution in [0.3, 0.4) is 0 Å². The Morgan fingerprint density at radius 2 is 1.15 bits per heavy atom. The Labute approximate surface area is 248 Å². The molecule has 0 radical (unpaired) electrons. The molecule has 0 atom stereocenters. The van der Waals surface area contributed by atoms with E-state index in [-0.39, 0.29) is 5.97 Å². The van der Waals surface area contributed by atoms with Crippen molar-refractivity contribution in [1.29, 1.82) is 0 Å². The third kappa shape index (κ3) is 14.7. The molecule has 1 saturated carbocycles. The standard InChI is InChI=1S/C35H50O6/c1-3-4-7-12-35(36)41-34-23-21-33(22-24-34)38-26-9-6-5-8-25-37-31-17-19-32(20-18-31)40-28-11-10-27-39-30-15-13-29(2)14-16-30/h3,13-16,21-24,31-32H,1,4-12,17-20,25-28H2,2H3. The minimum Gasteiger partial charge on any atom is -0.494 e. The van der Waals surface area contributed by atoms with Gasteiger partial charge >= 0.3 is 5.97 Å². The molecule has 6 heteroatoms.